The Morgan fingerprint density at radius 3 is 2.81 bits per heavy atom. The van der Waals surface area contributed by atoms with Crippen molar-refractivity contribution in [3.05, 3.63) is 12.4 Å². The fourth-order valence-electron chi connectivity index (χ4n) is 1.83. The van der Waals surface area contributed by atoms with Crippen molar-refractivity contribution < 1.29 is 9.84 Å². The highest BCUT2D eigenvalue weighted by molar-refractivity contribution is 5.30. The number of aromatic nitrogens is 2. The number of nitrogens with two attached hydrogens (primary N) is 1. The normalized spacial score (nSPS) is 19.8. The van der Waals surface area contributed by atoms with Crippen molar-refractivity contribution in [2.24, 2.45) is 0 Å². The highest BCUT2D eigenvalue weighted by Gasteiger charge is 2.15. The molecule has 0 bridgehead atoms. The van der Waals surface area contributed by atoms with Crippen LogP contribution in [0.3, 0.4) is 0 Å². The van der Waals surface area contributed by atoms with E-state index in [2.05, 4.69) is 10.00 Å². The van der Waals surface area contributed by atoms with E-state index in [0.717, 1.165) is 26.3 Å². The van der Waals surface area contributed by atoms with E-state index in [4.69, 9.17) is 10.5 Å². The van der Waals surface area contributed by atoms with Gasteiger partial charge in [0.1, 0.15) is 0 Å². The fraction of sp³-hybridized carbons (Fsp3) is 0.700. The van der Waals surface area contributed by atoms with Crippen molar-refractivity contribution in [1.29, 1.82) is 0 Å². The molecule has 6 nitrogen and oxygen atoms in total. The molecular weight excluding hydrogens is 208 g/mol. The van der Waals surface area contributed by atoms with Crippen LogP contribution in [0.1, 0.15) is 0 Å². The predicted octanol–water partition coefficient (Wildman–Crippen LogP) is -0.842. The van der Waals surface area contributed by atoms with Crippen molar-refractivity contribution in [2.45, 2.75) is 12.6 Å². The van der Waals surface area contributed by atoms with Gasteiger partial charge in [-0.1, -0.05) is 0 Å². The van der Waals surface area contributed by atoms with Gasteiger partial charge in [0, 0.05) is 25.8 Å². The zero-order chi connectivity index (χ0) is 11.4. The van der Waals surface area contributed by atoms with Crippen LogP contribution < -0.4 is 5.73 Å². The summed E-state index contributed by atoms with van der Waals surface area (Å²) in [7, 11) is 0. The van der Waals surface area contributed by atoms with E-state index in [0.29, 0.717) is 18.8 Å². The Hall–Kier alpha value is -1.11. The van der Waals surface area contributed by atoms with Crippen molar-refractivity contribution >= 4 is 5.69 Å². The van der Waals surface area contributed by atoms with Crippen LogP contribution in [0.2, 0.25) is 0 Å². The molecule has 2 rings (SSSR count). The first-order chi connectivity index (χ1) is 7.74. The highest BCUT2D eigenvalue weighted by Crippen LogP contribution is 2.02. The number of nitrogen functional groups attached to an aromatic ring is 1. The molecule has 6 heteroatoms. The van der Waals surface area contributed by atoms with Crippen molar-refractivity contribution in [2.75, 3.05) is 38.6 Å². The van der Waals surface area contributed by atoms with Gasteiger partial charge in [0.25, 0.3) is 0 Å². The average Bonchev–Trinajstić information content (AvgIpc) is 2.65. The number of rotatable bonds is 4. The number of morpholine rings is 1. The van der Waals surface area contributed by atoms with Gasteiger partial charge >= 0.3 is 0 Å². The summed E-state index contributed by atoms with van der Waals surface area (Å²) < 4.78 is 6.91. The Bertz CT molecular complexity index is 322. The first-order valence-corrected chi connectivity index (χ1v) is 5.50. The predicted molar refractivity (Wildman–Crippen MR) is 59.9 cm³/mol. The Kier molecular flexibility index (Phi) is 3.76. The molecule has 1 atom stereocenters. The Morgan fingerprint density at radius 2 is 2.19 bits per heavy atom. The second kappa shape index (κ2) is 5.29. The summed E-state index contributed by atoms with van der Waals surface area (Å²) in [5.74, 6) is 0. The summed E-state index contributed by atoms with van der Waals surface area (Å²) in [6.45, 7) is 4.41. The Balaban J connectivity index is 1.77. The molecule has 2 heterocycles. The third-order valence-electron chi connectivity index (χ3n) is 2.62. The lowest BCUT2D eigenvalue weighted by atomic mass is 10.3. The summed E-state index contributed by atoms with van der Waals surface area (Å²) >= 11 is 0. The summed E-state index contributed by atoms with van der Waals surface area (Å²) in [5.41, 5.74) is 6.17. The number of nitrogens with zero attached hydrogens (tertiary/aromatic N) is 3. The van der Waals surface area contributed by atoms with Gasteiger partial charge in [0.15, 0.2) is 0 Å². The maximum Gasteiger partial charge on any atom is 0.0862 e. The van der Waals surface area contributed by atoms with Gasteiger partial charge in [-0.2, -0.15) is 5.10 Å². The second-order valence-corrected chi connectivity index (χ2v) is 4.06. The summed E-state index contributed by atoms with van der Waals surface area (Å²) in [4.78, 5) is 2.20. The van der Waals surface area contributed by atoms with Gasteiger partial charge in [0.2, 0.25) is 0 Å². The first-order valence-electron chi connectivity index (χ1n) is 5.50. The van der Waals surface area contributed by atoms with Gasteiger partial charge in [-0.3, -0.25) is 9.58 Å². The largest absolute Gasteiger partial charge is 0.396 e. The molecule has 0 aromatic carbocycles. The smallest absolute Gasteiger partial charge is 0.0862 e. The van der Waals surface area contributed by atoms with Crippen LogP contribution in [0, 0.1) is 0 Å². The lowest BCUT2D eigenvalue weighted by Crippen LogP contribution is -2.42. The summed E-state index contributed by atoms with van der Waals surface area (Å²) in [5, 5.41) is 13.9. The molecule has 0 amide bonds. The lowest BCUT2D eigenvalue weighted by Gasteiger charge is -2.28. The monoisotopic (exact) mass is 226 g/mol. The van der Waals surface area contributed by atoms with E-state index in [1.807, 2.05) is 0 Å². The van der Waals surface area contributed by atoms with Crippen molar-refractivity contribution in [1.82, 2.24) is 14.7 Å². The molecular formula is C10H18N4O2. The number of ether oxygens (including phenoxy) is 1. The van der Waals surface area contributed by atoms with E-state index in [1.54, 1.807) is 17.1 Å². The number of aliphatic hydroxyl groups is 1. The van der Waals surface area contributed by atoms with E-state index in [1.165, 1.54) is 0 Å². The molecule has 1 aliphatic heterocycles. The number of aliphatic hydroxyl groups excluding tert-OH is 1. The van der Waals surface area contributed by atoms with E-state index >= 15 is 0 Å². The Labute approximate surface area is 94.6 Å². The second-order valence-electron chi connectivity index (χ2n) is 4.06. The standard InChI is InChI=1S/C10H18N4O2/c11-9-5-12-14(6-9)8-10(15)7-13-1-3-16-4-2-13/h5-6,10,15H,1-4,7-8,11H2/t10-/m1/s1. The molecule has 0 spiro atoms. The molecule has 1 aromatic rings. The van der Waals surface area contributed by atoms with E-state index in [9.17, 15) is 5.11 Å². The molecule has 1 aliphatic rings. The third kappa shape index (κ3) is 3.19. The molecule has 1 saturated heterocycles. The van der Waals surface area contributed by atoms with Crippen LogP contribution in [0.25, 0.3) is 0 Å². The molecule has 0 aliphatic carbocycles. The molecule has 1 aromatic heterocycles. The number of β-amino-alcohol motifs (C(OH)–C–C–N with tert-alkyl or cyclic N) is 1. The fourth-order valence-corrected chi connectivity index (χ4v) is 1.83. The molecule has 0 radical (unpaired) electrons. The molecule has 1 fully saturated rings. The van der Waals surface area contributed by atoms with Crippen LogP contribution in [-0.4, -0.2) is 58.7 Å². The maximum atomic E-state index is 9.88. The van der Waals surface area contributed by atoms with Gasteiger partial charge in [-0.15, -0.1) is 0 Å². The summed E-state index contributed by atoms with van der Waals surface area (Å²) in [6.07, 6.45) is 2.89. The molecule has 0 unspecified atom stereocenters. The first kappa shape index (κ1) is 11.4. The number of anilines is 1. The van der Waals surface area contributed by atoms with Crippen LogP contribution >= 0.6 is 0 Å². The zero-order valence-corrected chi connectivity index (χ0v) is 9.25. The topological polar surface area (TPSA) is 76.5 Å². The molecule has 3 N–H and O–H groups in total. The van der Waals surface area contributed by atoms with Crippen LogP contribution in [0.4, 0.5) is 5.69 Å². The molecule has 16 heavy (non-hydrogen) atoms. The highest BCUT2D eigenvalue weighted by atomic mass is 16.5. The minimum Gasteiger partial charge on any atom is -0.396 e. The van der Waals surface area contributed by atoms with E-state index in [-0.39, 0.29) is 0 Å². The quantitative estimate of drug-likeness (QED) is 0.700. The summed E-state index contributed by atoms with van der Waals surface area (Å²) in [6, 6.07) is 0. The van der Waals surface area contributed by atoms with Crippen molar-refractivity contribution in [3.8, 4) is 0 Å². The number of hydrogen-bond donors (Lipinski definition) is 2. The number of hydrogen-bond acceptors (Lipinski definition) is 5. The minimum atomic E-state index is -0.419. The SMILES string of the molecule is Nc1cnn(C[C@H](O)CN2CCOCC2)c1. The van der Waals surface area contributed by atoms with Crippen molar-refractivity contribution in [3.63, 3.8) is 0 Å². The zero-order valence-electron chi connectivity index (χ0n) is 9.25. The third-order valence-corrected chi connectivity index (χ3v) is 2.62. The Morgan fingerprint density at radius 1 is 1.44 bits per heavy atom. The lowest BCUT2D eigenvalue weighted by molar-refractivity contribution is 0.0108. The minimum absolute atomic E-state index is 0.419. The van der Waals surface area contributed by atoms with Crippen LogP contribution in [-0.2, 0) is 11.3 Å². The molecule has 90 valence electrons. The van der Waals surface area contributed by atoms with Gasteiger partial charge < -0.3 is 15.6 Å². The van der Waals surface area contributed by atoms with Crippen LogP contribution in [0.5, 0.6) is 0 Å². The van der Waals surface area contributed by atoms with Crippen LogP contribution in [0.15, 0.2) is 12.4 Å². The van der Waals surface area contributed by atoms with Gasteiger partial charge in [-0.05, 0) is 0 Å². The average molecular weight is 226 g/mol. The molecule has 0 saturated carbocycles. The van der Waals surface area contributed by atoms with Gasteiger partial charge in [0.05, 0.1) is 37.7 Å². The van der Waals surface area contributed by atoms with Gasteiger partial charge in [-0.25, -0.2) is 0 Å². The van der Waals surface area contributed by atoms with E-state index < -0.39 is 6.10 Å². The maximum absolute atomic E-state index is 9.88.